The van der Waals surface area contributed by atoms with E-state index in [1.54, 1.807) is 27.7 Å². The molecule has 9 nitrogen and oxygen atoms in total. The summed E-state index contributed by atoms with van der Waals surface area (Å²) in [5, 5.41) is 8.54. The van der Waals surface area contributed by atoms with Gasteiger partial charge in [0.05, 0.1) is 30.9 Å². The number of benzene rings is 1. The van der Waals surface area contributed by atoms with Crippen molar-refractivity contribution in [3.8, 4) is 5.69 Å². The van der Waals surface area contributed by atoms with Gasteiger partial charge in [-0.3, -0.25) is 9.48 Å². The summed E-state index contributed by atoms with van der Waals surface area (Å²) in [6.07, 6.45) is 7.01. The second kappa shape index (κ2) is 8.17. The van der Waals surface area contributed by atoms with Crippen LogP contribution in [0, 0.1) is 11.2 Å². The highest BCUT2D eigenvalue weighted by molar-refractivity contribution is 7.89. The van der Waals surface area contributed by atoms with Gasteiger partial charge in [-0.25, -0.2) is 17.5 Å². The molecule has 0 spiro atoms. The Balaban J connectivity index is 1.53. The molecular formula is C23H24FN5O4S. The topological polar surface area (TPSA) is 99.3 Å². The van der Waals surface area contributed by atoms with Crippen molar-refractivity contribution in [1.82, 2.24) is 23.9 Å². The number of sulfonamides is 1. The van der Waals surface area contributed by atoms with E-state index in [-0.39, 0.29) is 30.2 Å². The fourth-order valence-electron chi connectivity index (χ4n) is 4.77. The highest BCUT2D eigenvalue weighted by atomic mass is 32.2. The first kappa shape index (κ1) is 22.5. The van der Waals surface area contributed by atoms with Crippen molar-refractivity contribution in [3.63, 3.8) is 0 Å². The molecule has 0 saturated carbocycles. The van der Waals surface area contributed by atoms with Crippen LogP contribution >= 0.6 is 0 Å². The Hall–Kier alpha value is -3.31. The zero-order valence-electron chi connectivity index (χ0n) is 18.8. The number of fused-ring (bicyclic) bond motifs is 2. The van der Waals surface area contributed by atoms with E-state index >= 15 is 0 Å². The lowest BCUT2D eigenvalue weighted by Crippen LogP contribution is -2.53. The molecule has 0 amide bonds. The third-order valence-corrected chi connectivity index (χ3v) is 8.40. The zero-order valence-corrected chi connectivity index (χ0v) is 19.6. The van der Waals surface area contributed by atoms with Crippen molar-refractivity contribution < 1.29 is 22.3 Å². The number of methoxy groups -OCH3 is 1. The van der Waals surface area contributed by atoms with Gasteiger partial charge in [0.1, 0.15) is 16.1 Å². The minimum absolute atomic E-state index is 0.0354. The summed E-state index contributed by atoms with van der Waals surface area (Å²) in [4.78, 5) is 13.2. The van der Waals surface area contributed by atoms with E-state index in [1.807, 2.05) is 13.0 Å². The first-order valence-electron chi connectivity index (χ1n) is 10.9. The molecule has 178 valence electrons. The van der Waals surface area contributed by atoms with Gasteiger partial charge in [-0.15, -0.1) is 0 Å². The Morgan fingerprint density at radius 2 is 1.97 bits per heavy atom. The van der Waals surface area contributed by atoms with Crippen molar-refractivity contribution in [2.75, 3.05) is 20.2 Å². The number of carbonyl (C=O) groups excluding carboxylic acids is 1. The zero-order chi connectivity index (χ0) is 24.1. The van der Waals surface area contributed by atoms with Crippen molar-refractivity contribution in [2.45, 2.75) is 31.2 Å². The lowest BCUT2D eigenvalue weighted by molar-refractivity contribution is -0.151. The Kier molecular flexibility index (Phi) is 5.40. The molecule has 34 heavy (non-hydrogen) atoms. The molecule has 1 unspecified atom stereocenters. The molecular weight excluding hydrogens is 461 g/mol. The van der Waals surface area contributed by atoms with Gasteiger partial charge >= 0.3 is 5.97 Å². The molecule has 3 aromatic rings. The monoisotopic (exact) mass is 485 g/mol. The molecule has 1 fully saturated rings. The fraction of sp³-hybridized carbons (Fsp3) is 0.348. The van der Waals surface area contributed by atoms with E-state index in [4.69, 9.17) is 4.74 Å². The van der Waals surface area contributed by atoms with Gasteiger partial charge in [0.15, 0.2) is 0 Å². The minimum Gasteiger partial charge on any atom is -0.468 e. The maximum atomic E-state index is 13.4. The Labute approximate surface area is 196 Å². The fourth-order valence-corrected chi connectivity index (χ4v) is 6.23. The third kappa shape index (κ3) is 3.46. The number of hydrogen-bond donors (Lipinski definition) is 0. The Morgan fingerprint density at radius 1 is 1.21 bits per heavy atom. The summed E-state index contributed by atoms with van der Waals surface area (Å²) >= 11 is 0. The molecule has 2 aromatic heterocycles. The number of aromatic nitrogens is 4. The lowest BCUT2D eigenvalue weighted by atomic mass is 9.69. The highest BCUT2D eigenvalue weighted by Crippen LogP contribution is 2.46. The lowest BCUT2D eigenvalue weighted by Gasteiger charge is -2.43. The van der Waals surface area contributed by atoms with Crippen LogP contribution in [0.2, 0.25) is 0 Å². The number of hydrogen-bond acceptors (Lipinski definition) is 6. The van der Waals surface area contributed by atoms with Crippen LogP contribution in [-0.4, -0.2) is 58.5 Å². The van der Waals surface area contributed by atoms with Crippen molar-refractivity contribution in [3.05, 3.63) is 65.5 Å². The van der Waals surface area contributed by atoms with E-state index in [0.29, 0.717) is 18.7 Å². The van der Waals surface area contributed by atoms with E-state index < -0.39 is 21.4 Å². The van der Waals surface area contributed by atoms with Gasteiger partial charge < -0.3 is 4.74 Å². The number of carbonyl (C=O) groups is 1. The van der Waals surface area contributed by atoms with Crippen LogP contribution in [0.3, 0.4) is 0 Å². The van der Waals surface area contributed by atoms with Gasteiger partial charge in [-0.05, 0) is 61.2 Å². The van der Waals surface area contributed by atoms with E-state index in [2.05, 4.69) is 10.2 Å². The molecule has 1 saturated heterocycles. The second-order valence-electron chi connectivity index (χ2n) is 8.48. The van der Waals surface area contributed by atoms with Gasteiger partial charge in [0.25, 0.3) is 0 Å². The summed E-state index contributed by atoms with van der Waals surface area (Å²) in [5.74, 6) is -0.825. The molecule has 0 N–H and O–H groups in total. The van der Waals surface area contributed by atoms with E-state index in [1.165, 1.54) is 35.9 Å². The number of rotatable bonds is 5. The Bertz CT molecular complexity index is 1390. The van der Waals surface area contributed by atoms with E-state index in [9.17, 15) is 17.6 Å². The average molecular weight is 486 g/mol. The number of aryl methyl sites for hydroxylation is 1. The van der Waals surface area contributed by atoms with Crippen molar-refractivity contribution >= 4 is 22.1 Å². The van der Waals surface area contributed by atoms with Crippen LogP contribution in [0.5, 0.6) is 0 Å². The van der Waals surface area contributed by atoms with Crippen LogP contribution in [0.25, 0.3) is 11.8 Å². The van der Waals surface area contributed by atoms with Crippen molar-refractivity contribution in [1.29, 1.82) is 0 Å². The third-order valence-electron chi connectivity index (χ3n) is 6.60. The molecule has 11 heteroatoms. The molecule has 0 bridgehead atoms. The first-order chi connectivity index (χ1) is 16.3. The summed E-state index contributed by atoms with van der Waals surface area (Å²) in [5.41, 5.74) is 1.92. The maximum Gasteiger partial charge on any atom is 0.317 e. The largest absolute Gasteiger partial charge is 0.468 e. The first-order valence-corrected chi connectivity index (χ1v) is 12.4. The second-order valence-corrected chi connectivity index (χ2v) is 10.4. The van der Waals surface area contributed by atoms with Crippen LogP contribution in [0.15, 0.2) is 53.3 Å². The predicted molar refractivity (Wildman–Crippen MR) is 121 cm³/mol. The standard InChI is InChI=1S/C23H24FN5O4S/c1-3-27-14-20(13-25-27)34(31,32)28-9-8-17-10-21-16(11-23(17,15-28)22(30)33-2)12-26-29(21)19-6-4-18(24)5-7-19/h4-7,10,12-14H,3,8-9,11,15H2,1-2H3. The van der Waals surface area contributed by atoms with Gasteiger partial charge in [-0.1, -0.05) is 0 Å². The molecule has 1 aliphatic carbocycles. The predicted octanol–water partition coefficient (Wildman–Crippen LogP) is 2.42. The minimum atomic E-state index is -3.84. The van der Waals surface area contributed by atoms with Crippen LogP contribution in [-0.2, 0) is 32.5 Å². The van der Waals surface area contributed by atoms with Gasteiger partial charge in [0, 0.05) is 25.8 Å². The molecule has 2 aliphatic rings. The number of ether oxygens (including phenoxy) is 1. The SMILES string of the molecule is CCn1cc(S(=O)(=O)N2CCC3=Cc4c(cnn4-c4ccc(F)cc4)CC3(C(=O)OC)C2)cn1. The van der Waals surface area contributed by atoms with Gasteiger partial charge in [0.2, 0.25) is 10.0 Å². The van der Waals surface area contributed by atoms with Crippen LogP contribution in [0.1, 0.15) is 24.6 Å². The number of halogens is 1. The number of esters is 1. The molecule has 3 heterocycles. The smallest absolute Gasteiger partial charge is 0.317 e. The molecule has 0 radical (unpaired) electrons. The highest BCUT2D eigenvalue weighted by Gasteiger charge is 2.52. The summed E-state index contributed by atoms with van der Waals surface area (Å²) in [7, 11) is -2.53. The quantitative estimate of drug-likeness (QED) is 0.515. The van der Waals surface area contributed by atoms with Crippen LogP contribution < -0.4 is 0 Å². The normalized spacial score (nSPS) is 20.4. The summed E-state index contributed by atoms with van der Waals surface area (Å²) in [6, 6.07) is 5.99. The molecule has 1 aliphatic heterocycles. The number of nitrogens with zero attached hydrogens (tertiary/aromatic N) is 5. The van der Waals surface area contributed by atoms with E-state index in [0.717, 1.165) is 16.8 Å². The number of piperidine rings is 1. The van der Waals surface area contributed by atoms with Gasteiger partial charge in [-0.2, -0.15) is 14.5 Å². The molecule has 5 rings (SSSR count). The Morgan fingerprint density at radius 3 is 2.65 bits per heavy atom. The molecule has 1 aromatic carbocycles. The van der Waals surface area contributed by atoms with Crippen molar-refractivity contribution in [2.24, 2.45) is 5.41 Å². The average Bonchev–Trinajstić information content (AvgIpc) is 3.49. The summed E-state index contributed by atoms with van der Waals surface area (Å²) < 4.78 is 49.9. The summed E-state index contributed by atoms with van der Waals surface area (Å²) in [6.45, 7) is 2.62. The molecule has 1 atom stereocenters. The van der Waals surface area contributed by atoms with Crippen LogP contribution in [0.4, 0.5) is 4.39 Å². The maximum absolute atomic E-state index is 13.4.